The summed E-state index contributed by atoms with van der Waals surface area (Å²) in [6, 6.07) is 3.58. The molecule has 0 aliphatic carbocycles. The van der Waals surface area contributed by atoms with Crippen LogP contribution in [-0.2, 0) is 18.4 Å². The van der Waals surface area contributed by atoms with E-state index in [1.54, 1.807) is 26.4 Å². The lowest BCUT2D eigenvalue weighted by molar-refractivity contribution is 0.531. The molecule has 0 bridgehead atoms. The van der Waals surface area contributed by atoms with Crippen molar-refractivity contribution in [1.82, 2.24) is 24.2 Å². The Morgan fingerprint density at radius 1 is 1.17 bits per heavy atom. The number of aryl methyl sites for hydroxylation is 2. The Balaban J connectivity index is 2.20. The van der Waals surface area contributed by atoms with Gasteiger partial charge in [0.2, 0.25) is 0 Å². The van der Waals surface area contributed by atoms with Crippen molar-refractivity contribution < 1.29 is 4.55 Å². The fourth-order valence-corrected chi connectivity index (χ4v) is 3.85. The second-order valence-corrected chi connectivity index (χ2v) is 10.3. The predicted molar refractivity (Wildman–Crippen MR) is 117 cm³/mol. The molecular weight excluding hydrogens is 386 g/mol. The number of hydrogen-bond acceptors (Lipinski definition) is 6. The molecule has 0 fully saturated rings. The SMILES string of the molecule is Cc1cc([C@@H](C)N[S+]([O-])C(C)(C)C)c2nc(-c3cnc(C)nc3)n(C)c(=O)c2c1. The third-order valence-electron chi connectivity index (χ3n) is 4.70. The van der Waals surface area contributed by atoms with Crippen molar-refractivity contribution >= 4 is 22.3 Å². The number of fused-ring (bicyclic) bond motifs is 1. The van der Waals surface area contributed by atoms with Crippen LogP contribution < -0.4 is 10.3 Å². The van der Waals surface area contributed by atoms with Crippen molar-refractivity contribution in [3.05, 3.63) is 51.8 Å². The van der Waals surface area contributed by atoms with Crippen LogP contribution in [0.5, 0.6) is 0 Å². The molecule has 0 saturated heterocycles. The van der Waals surface area contributed by atoms with Gasteiger partial charge in [0.15, 0.2) is 0 Å². The van der Waals surface area contributed by atoms with Crippen LogP contribution in [0.1, 0.15) is 50.7 Å². The van der Waals surface area contributed by atoms with Gasteiger partial charge >= 0.3 is 0 Å². The maximum Gasteiger partial charge on any atom is 0.261 e. The standard InChI is InChI=1S/C21H27N5O2S/c1-12-8-16(13(2)25-29(28)21(4,5)6)18-17(9-12)20(27)26(7)19(24-18)15-10-22-14(3)23-11-15/h8-11,13,25H,1-7H3/t13-,29?/m1/s1. The van der Waals surface area contributed by atoms with Crippen LogP contribution in [-0.4, -0.2) is 28.8 Å². The Morgan fingerprint density at radius 3 is 2.38 bits per heavy atom. The fourth-order valence-electron chi connectivity index (χ4n) is 3.05. The molecular formula is C21H27N5O2S. The van der Waals surface area contributed by atoms with Crippen molar-refractivity contribution in [1.29, 1.82) is 0 Å². The first-order valence-electron chi connectivity index (χ1n) is 9.47. The van der Waals surface area contributed by atoms with E-state index < -0.39 is 16.1 Å². The zero-order valence-electron chi connectivity index (χ0n) is 17.9. The lowest BCUT2D eigenvalue weighted by Crippen LogP contribution is -2.40. The molecule has 1 unspecified atom stereocenters. The molecule has 2 atom stereocenters. The Hall–Kier alpha value is -2.29. The molecule has 1 aromatic carbocycles. The summed E-state index contributed by atoms with van der Waals surface area (Å²) in [6.45, 7) is 11.4. The summed E-state index contributed by atoms with van der Waals surface area (Å²) < 4.78 is 16.9. The smallest absolute Gasteiger partial charge is 0.261 e. The lowest BCUT2D eigenvalue weighted by Gasteiger charge is -2.27. The normalized spacial score (nSPS) is 14.2. The highest BCUT2D eigenvalue weighted by Gasteiger charge is 2.29. The van der Waals surface area contributed by atoms with Crippen LogP contribution in [0.2, 0.25) is 0 Å². The predicted octanol–water partition coefficient (Wildman–Crippen LogP) is 3.12. The van der Waals surface area contributed by atoms with Crippen LogP contribution >= 0.6 is 0 Å². The van der Waals surface area contributed by atoms with E-state index in [1.165, 1.54) is 4.57 Å². The number of hydrogen-bond donors (Lipinski definition) is 1. The van der Waals surface area contributed by atoms with Crippen LogP contribution in [0, 0.1) is 13.8 Å². The molecule has 0 radical (unpaired) electrons. The number of benzene rings is 1. The fraction of sp³-hybridized carbons (Fsp3) is 0.429. The molecule has 0 spiro atoms. The summed E-state index contributed by atoms with van der Waals surface area (Å²) >= 11 is -1.25. The third-order valence-corrected chi connectivity index (χ3v) is 6.38. The molecule has 2 aromatic heterocycles. The second kappa shape index (κ2) is 7.85. The van der Waals surface area contributed by atoms with Gasteiger partial charge in [0.05, 0.1) is 22.5 Å². The van der Waals surface area contributed by atoms with Gasteiger partial charge in [-0.05, 0) is 53.2 Å². The van der Waals surface area contributed by atoms with Crippen molar-refractivity contribution in [3.63, 3.8) is 0 Å². The first kappa shape index (κ1) is 21.4. The van der Waals surface area contributed by atoms with E-state index in [0.29, 0.717) is 28.1 Å². The first-order chi connectivity index (χ1) is 13.5. The highest BCUT2D eigenvalue weighted by Crippen LogP contribution is 2.27. The summed E-state index contributed by atoms with van der Waals surface area (Å²) in [5, 5.41) is 0.537. The van der Waals surface area contributed by atoms with Gasteiger partial charge in [-0.25, -0.2) is 15.0 Å². The van der Waals surface area contributed by atoms with Crippen molar-refractivity contribution in [3.8, 4) is 11.4 Å². The quantitative estimate of drug-likeness (QED) is 0.660. The van der Waals surface area contributed by atoms with E-state index in [9.17, 15) is 9.35 Å². The van der Waals surface area contributed by atoms with Gasteiger partial charge in [0.25, 0.3) is 5.56 Å². The Kier molecular flexibility index (Phi) is 5.80. The number of nitrogens with zero attached hydrogens (tertiary/aromatic N) is 4. The molecule has 3 aromatic rings. The maximum absolute atomic E-state index is 13.1. The Morgan fingerprint density at radius 2 is 1.79 bits per heavy atom. The number of rotatable bonds is 4. The third kappa shape index (κ3) is 4.34. The molecule has 29 heavy (non-hydrogen) atoms. The Labute approximate surface area is 173 Å². The zero-order chi connectivity index (χ0) is 21.5. The average molecular weight is 414 g/mol. The van der Waals surface area contributed by atoms with E-state index in [0.717, 1.165) is 11.1 Å². The van der Waals surface area contributed by atoms with Crippen LogP contribution in [0.25, 0.3) is 22.3 Å². The van der Waals surface area contributed by atoms with Crippen LogP contribution in [0.3, 0.4) is 0 Å². The minimum absolute atomic E-state index is 0.139. The molecule has 0 amide bonds. The average Bonchev–Trinajstić information content (AvgIpc) is 2.64. The number of aromatic nitrogens is 4. The molecule has 3 rings (SSSR count). The monoisotopic (exact) mass is 413 g/mol. The van der Waals surface area contributed by atoms with Gasteiger partial charge in [-0.1, -0.05) is 6.07 Å². The molecule has 0 saturated carbocycles. The molecule has 8 heteroatoms. The Bertz CT molecular complexity index is 1100. The molecule has 1 N–H and O–H groups in total. The highest BCUT2D eigenvalue weighted by atomic mass is 32.2. The first-order valence-corrected chi connectivity index (χ1v) is 10.6. The van der Waals surface area contributed by atoms with Crippen molar-refractivity contribution in [2.75, 3.05) is 0 Å². The minimum atomic E-state index is -1.25. The molecule has 154 valence electrons. The van der Waals surface area contributed by atoms with Gasteiger partial charge in [0, 0.05) is 36.4 Å². The molecule has 7 nitrogen and oxygen atoms in total. The van der Waals surface area contributed by atoms with Gasteiger partial charge < -0.3 is 4.55 Å². The molecule has 2 heterocycles. The molecule has 0 aliphatic heterocycles. The van der Waals surface area contributed by atoms with E-state index in [4.69, 9.17) is 4.98 Å². The van der Waals surface area contributed by atoms with E-state index in [-0.39, 0.29) is 11.6 Å². The van der Waals surface area contributed by atoms with Gasteiger partial charge in [-0.2, -0.15) is 0 Å². The van der Waals surface area contributed by atoms with Gasteiger partial charge in [-0.15, -0.1) is 4.72 Å². The van der Waals surface area contributed by atoms with Crippen LogP contribution in [0.15, 0.2) is 29.3 Å². The maximum atomic E-state index is 13.1. The van der Waals surface area contributed by atoms with Crippen molar-refractivity contribution in [2.45, 2.75) is 52.3 Å². The summed E-state index contributed by atoms with van der Waals surface area (Å²) in [4.78, 5) is 26.4. The molecule has 0 aliphatic rings. The summed E-state index contributed by atoms with van der Waals surface area (Å²) in [5.74, 6) is 1.15. The largest absolute Gasteiger partial charge is 0.598 e. The topological polar surface area (TPSA) is 95.8 Å². The summed E-state index contributed by atoms with van der Waals surface area (Å²) in [5.41, 5.74) is 2.92. The van der Waals surface area contributed by atoms with E-state index >= 15 is 0 Å². The summed E-state index contributed by atoms with van der Waals surface area (Å²) in [7, 11) is 1.70. The minimum Gasteiger partial charge on any atom is -0.598 e. The van der Waals surface area contributed by atoms with Crippen LogP contribution in [0.4, 0.5) is 0 Å². The lowest BCUT2D eigenvalue weighted by atomic mass is 10.0. The van der Waals surface area contributed by atoms with Crippen molar-refractivity contribution in [2.24, 2.45) is 7.05 Å². The highest BCUT2D eigenvalue weighted by molar-refractivity contribution is 7.90. The number of nitrogens with one attached hydrogen (secondary N) is 1. The zero-order valence-corrected chi connectivity index (χ0v) is 18.7. The van der Waals surface area contributed by atoms with Gasteiger partial charge in [0.1, 0.15) is 16.4 Å². The van der Waals surface area contributed by atoms with E-state index in [2.05, 4.69) is 14.7 Å². The second-order valence-electron chi connectivity index (χ2n) is 8.29. The van der Waals surface area contributed by atoms with Gasteiger partial charge in [-0.3, -0.25) is 9.36 Å². The van der Waals surface area contributed by atoms with E-state index in [1.807, 2.05) is 46.8 Å². The summed E-state index contributed by atoms with van der Waals surface area (Å²) in [6.07, 6.45) is 3.33.